The molecule has 0 bridgehead atoms. The van der Waals surface area contributed by atoms with Gasteiger partial charge in [0.1, 0.15) is 0 Å². The summed E-state index contributed by atoms with van der Waals surface area (Å²) < 4.78 is 31.9. The molecule has 0 atom stereocenters. The molecule has 0 aromatic heterocycles. The van der Waals surface area contributed by atoms with Crippen molar-refractivity contribution in [2.24, 2.45) is 0 Å². The van der Waals surface area contributed by atoms with Crippen LogP contribution in [0.2, 0.25) is 0 Å². The molecule has 0 aliphatic heterocycles. The molecule has 0 heterocycles. The summed E-state index contributed by atoms with van der Waals surface area (Å²) in [5.41, 5.74) is 0. The zero-order chi connectivity index (χ0) is 5.21. The molecule has 0 fully saturated rings. The summed E-state index contributed by atoms with van der Waals surface area (Å²) in [5, 5.41) is 2.02. The predicted octanol–water partition coefficient (Wildman–Crippen LogP) is 1.51. The fraction of sp³-hybridized carbons (Fsp3) is 1.00. The number of nitrogens with zero attached hydrogens (tertiary/aromatic N) is 1. The Morgan fingerprint density at radius 1 is 1.33 bits per heavy atom. The minimum absolute atomic E-state index is 0.708. The van der Waals surface area contributed by atoms with E-state index in [0.29, 0.717) is 7.05 Å². The number of alkyl halides is 3. The lowest BCUT2D eigenvalue weighted by Gasteiger charge is -2.15. The second-order valence-corrected chi connectivity index (χ2v) is 0.691. The van der Waals surface area contributed by atoms with Crippen molar-refractivity contribution in [2.75, 3.05) is 7.05 Å². The SMILES string of the molecule is C[N-]C(F)(F)F. The molecule has 0 unspecified atom stereocenters. The van der Waals surface area contributed by atoms with Crippen LogP contribution in [-0.4, -0.2) is 13.3 Å². The van der Waals surface area contributed by atoms with Gasteiger partial charge in [-0.3, -0.25) is 0 Å². The quantitative estimate of drug-likeness (QED) is 0.408. The van der Waals surface area contributed by atoms with Crippen LogP contribution in [0, 0.1) is 0 Å². The van der Waals surface area contributed by atoms with Crippen molar-refractivity contribution in [2.45, 2.75) is 6.30 Å². The summed E-state index contributed by atoms with van der Waals surface area (Å²) >= 11 is 0. The molecular formula is C2H3F3N-. The molecule has 4 heteroatoms. The highest BCUT2D eigenvalue weighted by atomic mass is 19.4. The standard InChI is InChI=1S/C2H3F3N/c1-6-2(3,4)5/h1H3/q-1. The van der Waals surface area contributed by atoms with Crippen LogP contribution in [0.3, 0.4) is 0 Å². The molecule has 38 valence electrons. The molecule has 0 aliphatic carbocycles. The summed E-state index contributed by atoms with van der Waals surface area (Å²) in [4.78, 5) is 0. The Labute approximate surface area is 33.2 Å². The zero-order valence-corrected chi connectivity index (χ0v) is 3.08. The van der Waals surface area contributed by atoms with Gasteiger partial charge in [-0.05, 0) is 0 Å². The Morgan fingerprint density at radius 2 is 1.50 bits per heavy atom. The third-order valence-electron chi connectivity index (χ3n) is 0.254. The summed E-state index contributed by atoms with van der Waals surface area (Å²) in [6, 6.07) is 0. The summed E-state index contributed by atoms with van der Waals surface area (Å²) in [5.74, 6) is 0. The topological polar surface area (TPSA) is 14.1 Å². The summed E-state index contributed by atoms with van der Waals surface area (Å²) in [6.07, 6.45) is -4.33. The smallest absolute Gasteiger partial charge is 0.312 e. The Bertz CT molecular complexity index is 38.5. The Kier molecular flexibility index (Phi) is 1.40. The fourth-order valence-corrected chi connectivity index (χ4v) is 0. The van der Waals surface area contributed by atoms with E-state index in [2.05, 4.69) is 0 Å². The maximum absolute atomic E-state index is 10.6. The molecule has 0 saturated heterocycles. The van der Waals surface area contributed by atoms with Gasteiger partial charge < -0.3 is 5.32 Å². The first kappa shape index (κ1) is 5.75. The van der Waals surface area contributed by atoms with E-state index < -0.39 is 6.30 Å². The van der Waals surface area contributed by atoms with Crippen molar-refractivity contribution < 1.29 is 13.2 Å². The normalized spacial score (nSPS) is 12.0. The van der Waals surface area contributed by atoms with E-state index in [1.807, 2.05) is 5.32 Å². The summed E-state index contributed by atoms with van der Waals surface area (Å²) in [7, 11) is 0.708. The van der Waals surface area contributed by atoms with E-state index in [9.17, 15) is 13.2 Å². The molecule has 1 nitrogen and oxygen atoms in total. The van der Waals surface area contributed by atoms with E-state index in [1.54, 1.807) is 0 Å². The third kappa shape index (κ3) is 3.75. The van der Waals surface area contributed by atoms with Crippen LogP contribution in [0.15, 0.2) is 0 Å². The first-order chi connectivity index (χ1) is 2.56. The average molecular weight is 98.0 g/mol. The van der Waals surface area contributed by atoms with Crippen molar-refractivity contribution in [3.8, 4) is 0 Å². The molecule has 0 spiro atoms. The van der Waals surface area contributed by atoms with Gasteiger partial charge in [-0.25, -0.2) is 0 Å². The first-order valence-corrected chi connectivity index (χ1v) is 1.24. The predicted molar refractivity (Wildman–Crippen MR) is 15.3 cm³/mol. The van der Waals surface area contributed by atoms with Crippen molar-refractivity contribution in [1.29, 1.82) is 0 Å². The lowest BCUT2D eigenvalue weighted by Crippen LogP contribution is -2.01. The number of hydrogen-bond acceptors (Lipinski definition) is 0. The van der Waals surface area contributed by atoms with Crippen LogP contribution in [0.25, 0.3) is 5.32 Å². The fourth-order valence-electron chi connectivity index (χ4n) is 0. The first-order valence-electron chi connectivity index (χ1n) is 1.24. The van der Waals surface area contributed by atoms with Crippen LogP contribution in [0.5, 0.6) is 0 Å². The van der Waals surface area contributed by atoms with E-state index in [-0.39, 0.29) is 0 Å². The maximum atomic E-state index is 10.6. The monoisotopic (exact) mass is 98.0 g/mol. The molecule has 0 aromatic carbocycles. The highest BCUT2D eigenvalue weighted by Gasteiger charge is 2.08. The number of halogens is 3. The molecule has 0 saturated carbocycles. The molecule has 0 aromatic rings. The molecule has 0 amide bonds. The van der Waals surface area contributed by atoms with Gasteiger partial charge >= 0.3 is 6.30 Å². The Morgan fingerprint density at radius 3 is 1.50 bits per heavy atom. The number of rotatable bonds is 0. The molecule has 0 aliphatic rings. The van der Waals surface area contributed by atoms with Crippen molar-refractivity contribution >= 4 is 0 Å². The van der Waals surface area contributed by atoms with Crippen LogP contribution < -0.4 is 0 Å². The number of hydrogen-bond donors (Lipinski definition) is 0. The van der Waals surface area contributed by atoms with Crippen molar-refractivity contribution in [1.82, 2.24) is 0 Å². The van der Waals surface area contributed by atoms with Gasteiger partial charge in [0, 0.05) is 0 Å². The third-order valence-corrected chi connectivity index (χ3v) is 0.254. The van der Waals surface area contributed by atoms with Gasteiger partial charge in [0.05, 0.1) is 0 Å². The second-order valence-electron chi connectivity index (χ2n) is 0.691. The highest BCUT2D eigenvalue weighted by molar-refractivity contribution is 4.73. The van der Waals surface area contributed by atoms with Crippen LogP contribution >= 0.6 is 0 Å². The maximum Gasteiger partial charge on any atom is 0.312 e. The van der Waals surface area contributed by atoms with E-state index in [0.717, 1.165) is 0 Å². The molecule has 6 heavy (non-hydrogen) atoms. The molecular weight excluding hydrogens is 95.0 g/mol. The highest BCUT2D eigenvalue weighted by Crippen LogP contribution is 2.18. The van der Waals surface area contributed by atoms with Gasteiger partial charge in [-0.15, -0.1) is 0 Å². The van der Waals surface area contributed by atoms with E-state index in [1.165, 1.54) is 0 Å². The van der Waals surface area contributed by atoms with Gasteiger partial charge in [0.15, 0.2) is 0 Å². The minimum Gasteiger partial charge on any atom is -0.573 e. The van der Waals surface area contributed by atoms with Gasteiger partial charge in [-0.1, -0.05) is 0 Å². The minimum atomic E-state index is -4.33. The molecule has 0 rings (SSSR count). The van der Waals surface area contributed by atoms with Gasteiger partial charge in [-0.2, -0.15) is 20.2 Å². The Balaban J connectivity index is 3.17. The average Bonchev–Trinajstić information content (AvgIpc) is 1.35. The molecule has 0 radical (unpaired) electrons. The van der Waals surface area contributed by atoms with Crippen molar-refractivity contribution in [3.05, 3.63) is 5.32 Å². The van der Waals surface area contributed by atoms with E-state index in [4.69, 9.17) is 0 Å². The zero-order valence-electron chi connectivity index (χ0n) is 3.08. The van der Waals surface area contributed by atoms with Gasteiger partial charge in [0.25, 0.3) is 0 Å². The van der Waals surface area contributed by atoms with Crippen molar-refractivity contribution in [3.63, 3.8) is 0 Å². The molecule has 0 N–H and O–H groups in total. The lowest BCUT2D eigenvalue weighted by molar-refractivity contribution is -0.0902. The largest absolute Gasteiger partial charge is 0.573 e. The summed E-state index contributed by atoms with van der Waals surface area (Å²) in [6.45, 7) is 0. The van der Waals surface area contributed by atoms with E-state index >= 15 is 0 Å². The van der Waals surface area contributed by atoms with Crippen LogP contribution in [-0.2, 0) is 0 Å². The van der Waals surface area contributed by atoms with Crippen LogP contribution in [0.1, 0.15) is 0 Å². The lowest BCUT2D eigenvalue weighted by atomic mass is 11.1. The second kappa shape index (κ2) is 1.47. The Hall–Kier alpha value is -0.250. The van der Waals surface area contributed by atoms with Gasteiger partial charge in [0.2, 0.25) is 0 Å². The van der Waals surface area contributed by atoms with Crippen LogP contribution in [0.4, 0.5) is 13.2 Å².